The number of aromatic hydroxyl groups is 1. The number of phenolic OH excluding ortho intramolecular Hbond substituents is 1. The fourth-order valence-corrected chi connectivity index (χ4v) is 4.55. The van der Waals surface area contributed by atoms with Gasteiger partial charge in [-0.15, -0.1) is 0 Å². The van der Waals surface area contributed by atoms with E-state index in [4.69, 9.17) is 5.11 Å². The molecule has 42 heavy (non-hydrogen) atoms. The van der Waals surface area contributed by atoms with Crippen LogP contribution >= 0.6 is 0 Å². The summed E-state index contributed by atoms with van der Waals surface area (Å²) in [4.78, 5) is 24.3. The van der Waals surface area contributed by atoms with Crippen LogP contribution in [0.1, 0.15) is 51.8 Å². The van der Waals surface area contributed by atoms with Crippen molar-refractivity contribution in [3.63, 3.8) is 0 Å². The van der Waals surface area contributed by atoms with E-state index in [1.165, 1.54) is 18.2 Å². The van der Waals surface area contributed by atoms with Crippen LogP contribution < -0.4 is 16.0 Å². The topological polar surface area (TPSA) is 129 Å². The summed E-state index contributed by atoms with van der Waals surface area (Å²) in [7, 11) is 0. The molecule has 0 saturated heterocycles. The quantitative estimate of drug-likeness (QED) is 0.164. The minimum absolute atomic E-state index is 0.0815. The van der Waals surface area contributed by atoms with Gasteiger partial charge in [-0.05, 0) is 78.4 Å². The summed E-state index contributed by atoms with van der Waals surface area (Å²) in [5.41, 5.74) is 1.13. The molecule has 1 aliphatic rings. The Morgan fingerprint density at radius 1 is 0.976 bits per heavy atom. The van der Waals surface area contributed by atoms with Crippen molar-refractivity contribution >= 4 is 17.7 Å². The molecule has 0 radical (unpaired) electrons. The standard InChI is InChI=1S/C30H28F3N5O4/c31-30(32,33)26-15-25(38(37-26)23-6-1-3-19(13-23)17-35-29(41)42)28(40)36-22-5-2-4-21(14-22)27(34-16-18-7-8-18)20-9-11-24(39)12-10-20/h1-6,9-15,18,27,34-35,39H,7-8,16-17H2,(H,36,40)(H,41,42). The Balaban J connectivity index is 1.43. The normalized spacial score (nSPS) is 13.9. The summed E-state index contributed by atoms with van der Waals surface area (Å²) in [6.07, 6.45) is -3.75. The monoisotopic (exact) mass is 579 g/mol. The first-order valence-corrected chi connectivity index (χ1v) is 13.2. The number of carbonyl (C=O) groups excluding carboxylic acids is 1. The van der Waals surface area contributed by atoms with Crippen LogP contribution in [0.2, 0.25) is 0 Å². The van der Waals surface area contributed by atoms with Gasteiger partial charge in [0.2, 0.25) is 0 Å². The lowest BCUT2D eigenvalue weighted by atomic mass is 9.97. The van der Waals surface area contributed by atoms with Gasteiger partial charge in [0.25, 0.3) is 5.91 Å². The number of aromatic nitrogens is 2. The fraction of sp³-hybridized carbons (Fsp3) is 0.233. The van der Waals surface area contributed by atoms with Gasteiger partial charge in [0, 0.05) is 18.3 Å². The Hall–Kier alpha value is -4.84. The molecular weight excluding hydrogens is 551 g/mol. The molecule has 0 aliphatic heterocycles. The molecule has 12 heteroatoms. The van der Waals surface area contributed by atoms with E-state index in [2.05, 4.69) is 21.0 Å². The lowest BCUT2D eigenvalue weighted by Crippen LogP contribution is -2.25. The molecule has 5 rings (SSSR count). The Labute approximate surface area is 239 Å². The predicted octanol–water partition coefficient (Wildman–Crippen LogP) is 5.71. The van der Waals surface area contributed by atoms with E-state index in [-0.39, 0.29) is 29.7 Å². The first kappa shape index (κ1) is 28.7. The maximum absolute atomic E-state index is 13.6. The molecule has 9 nitrogen and oxygen atoms in total. The number of nitrogens with one attached hydrogen (secondary N) is 3. The van der Waals surface area contributed by atoms with Gasteiger partial charge in [-0.25, -0.2) is 9.48 Å². The van der Waals surface area contributed by atoms with Crippen molar-refractivity contribution in [2.75, 3.05) is 11.9 Å². The van der Waals surface area contributed by atoms with Crippen molar-refractivity contribution in [1.29, 1.82) is 0 Å². The van der Waals surface area contributed by atoms with Crippen molar-refractivity contribution < 1.29 is 33.0 Å². The van der Waals surface area contributed by atoms with Gasteiger partial charge in [-0.1, -0.05) is 36.4 Å². The van der Waals surface area contributed by atoms with Crippen LogP contribution in [0.15, 0.2) is 78.9 Å². The highest BCUT2D eigenvalue weighted by atomic mass is 19.4. The lowest BCUT2D eigenvalue weighted by molar-refractivity contribution is -0.141. The minimum atomic E-state index is -4.80. The second-order valence-corrected chi connectivity index (χ2v) is 10.1. The molecule has 218 valence electrons. The Morgan fingerprint density at radius 2 is 1.71 bits per heavy atom. The van der Waals surface area contributed by atoms with Crippen LogP contribution in [-0.4, -0.2) is 38.5 Å². The molecule has 1 atom stereocenters. The zero-order chi connectivity index (χ0) is 29.9. The lowest BCUT2D eigenvalue weighted by Gasteiger charge is -2.21. The molecule has 1 aliphatic carbocycles. The average Bonchev–Trinajstić information content (AvgIpc) is 3.66. The molecule has 0 spiro atoms. The van der Waals surface area contributed by atoms with E-state index in [1.807, 2.05) is 18.2 Å². The minimum Gasteiger partial charge on any atom is -0.508 e. The number of hydrogen-bond acceptors (Lipinski definition) is 5. The van der Waals surface area contributed by atoms with Gasteiger partial charge in [-0.2, -0.15) is 18.3 Å². The van der Waals surface area contributed by atoms with Gasteiger partial charge in [0.1, 0.15) is 11.4 Å². The average molecular weight is 580 g/mol. The molecule has 5 N–H and O–H groups in total. The van der Waals surface area contributed by atoms with Gasteiger partial charge in [-0.3, -0.25) is 4.79 Å². The number of alkyl halides is 3. The van der Waals surface area contributed by atoms with E-state index in [1.54, 1.807) is 36.4 Å². The highest BCUT2D eigenvalue weighted by Gasteiger charge is 2.36. The van der Waals surface area contributed by atoms with Crippen LogP contribution in [0.25, 0.3) is 5.69 Å². The van der Waals surface area contributed by atoms with E-state index >= 15 is 0 Å². The number of carboxylic acid groups (broad SMARTS) is 1. The second-order valence-electron chi connectivity index (χ2n) is 10.1. The number of rotatable bonds is 10. The van der Waals surface area contributed by atoms with Gasteiger partial charge in [0.05, 0.1) is 11.7 Å². The van der Waals surface area contributed by atoms with Gasteiger partial charge < -0.3 is 26.2 Å². The number of carbonyl (C=O) groups is 2. The van der Waals surface area contributed by atoms with Gasteiger partial charge in [0.15, 0.2) is 5.69 Å². The van der Waals surface area contributed by atoms with E-state index in [9.17, 15) is 27.9 Å². The molecule has 2 amide bonds. The van der Waals surface area contributed by atoms with Gasteiger partial charge >= 0.3 is 12.3 Å². The maximum atomic E-state index is 13.6. The van der Waals surface area contributed by atoms with Crippen molar-refractivity contribution in [2.24, 2.45) is 5.92 Å². The largest absolute Gasteiger partial charge is 0.508 e. The SMILES string of the molecule is O=C(O)NCc1cccc(-n2nc(C(F)(F)F)cc2C(=O)Nc2cccc(C(NCC3CC3)c3ccc(O)cc3)c2)c1. The van der Waals surface area contributed by atoms with Crippen LogP contribution in [0.4, 0.5) is 23.7 Å². The second kappa shape index (κ2) is 12.0. The number of benzene rings is 3. The third kappa shape index (κ3) is 7.07. The highest BCUT2D eigenvalue weighted by molar-refractivity contribution is 6.03. The van der Waals surface area contributed by atoms with Crippen LogP contribution in [0.3, 0.4) is 0 Å². The van der Waals surface area contributed by atoms with E-state index in [0.717, 1.165) is 35.2 Å². The Morgan fingerprint density at radius 3 is 2.40 bits per heavy atom. The molecule has 3 aromatic carbocycles. The molecule has 1 aromatic heterocycles. The number of anilines is 1. The molecule has 1 heterocycles. The highest BCUT2D eigenvalue weighted by Crippen LogP contribution is 2.32. The molecule has 0 bridgehead atoms. The third-order valence-electron chi connectivity index (χ3n) is 6.84. The molecule has 1 fully saturated rings. The fourth-order valence-electron chi connectivity index (χ4n) is 4.55. The third-order valence-corrected chi connectivity index (χ3v) is 6.84. The van der Waals surface area contributed by atoms with E-state index in [0.29, 0.717) is 23.2 Å². The smallest absolute Gasteiger partial charge is 0.435 e. The van der Waals surface area contributed by atoms with E-state index < -0.39 is 23.9 Å². The molecular formula is C30H28F3N5O4. The first-order valence-electron chi connectivity index (χ1n) is 13.2. The first-order chi connectivity index (χ1) is 20.1. The summed E-state index contributed by atoms with van der Waals surface area (Å²) in [5, 5.41) is 30.7. The number of nitrogens with zero attached hydrogens (tertiary/aromatic N) is 2. The zero-order valence-electron chi connectivity index (χ0n) is 22.2. The Bertz CT molecular complexity index is 1580. The maximum Gasteiger partial charge on any atom is 0.435 e. The van der Waals surface area contributed by atoms with Crippen molar-refractivity contribution in [3.05, 3.63) is 107 Å². The van der Waals surface area contributed by atoms with Crippen molar-refractivity contribution in [2.45, 2.75) is 31.6 Å². The summed E-state index contributed by atoms with van der Waals surface area (Å²) in [6.45, 7) is 0.713. The van der Waals surface area contributed by atoms with Crippen LogP contribution in [0.5, 0.6) is 5.75 Å². The van der Waals surface area contributed by atoms with Crippen molar-refractivity contribution in [3.8, 4) is 11.4 Å². The molecule has 4 aromatic rings. The molecule has 1 saturated carbocycles. The zero-order valence-corrected chi connectivity index (χ0v) is 22.2. The number of hydrogen-bond donors (Lipinski definition) is 5. The summed E-state index contributed by atoms with van der Waals surface area (Å²) in [6, 6.07) is 20.3. The Kier molecular flexibility index (Phi) is 8.16. The summed E-state index contributed by atoms with van der Waals surface area (Å²) < 4.78 is 41.8. The number of phenols is 1. The summed E-state index contributed by atoms with van der Waals surface area (Å²) >= 11 is 0. The molecule has 1 unspecified atom stereocenters. The number of amides is 2. The summed E-state index contributed by atoms with van der Waals surface area (Å²) in [5.74, 6) is -0.0791. The van der Waals surface area contributed by atoms with Crippen LogP contribution in [-0.2, 0) is 12.7 Å². The van der Waals surface area contributed by atoms with Crippen LogP contribution in [0, 0.1) is 5.92 Å². The predicted molar refractivity (Wildman–Crippen MR) is 149 cm³/mol. The van der Waals surface area contributed by atoms with Crippen molar-refractivity contribution in [1.82, 2.24) is 20.4 Å². The number of halogens is 3.